The van der Waals surface area contributed by atoms with Gasteiger partial charge in [-0.15, -0.1) is 0 Å². The number of hydrogen-bond donors (Lipinski definition) is 2. The number of allylic oxidation sites excluding steroid dienone is 1. The lowest BCUT2D eigenvalue weighted by Crippen LogP contribution is -2.30. The summed E-state index contributed by atoms with van der Waals surface area (Å²) in [6.45, 7) is 0. The fraction of sp³-hybridized carbons (Fsp3) is 0.105. The molecule has 0 amide bonds. The van der Waals surface area contributed by atoms with E-state index in [0.29, 0.717) is 0 Å². The third kappa shape index (κ3) is 5.79. The van der Waals surface area contributed by atoms with E-state index in [9.17, 15) is 0 Å². The Morgan fingerprint density at radius 2 is 1.00 bits per heavy atom. The molecule has 0 heterocycles. The monoisotopic (exact) mass is 548 g/mol. The summed E-state index contributed by atoms with van der Waals surface area (Å²) in [5.41, 5.74) is 10.4. The van der Waals surface area contributed by atoms with Crippen LogP contribution in [0, 0.1) is 0 Å². The third-order valence-corrected chi connectivity index (χ3v) is 7.76. The molecule has 0 fully saturated rings. The van der Waals surface area contributed by atoms with Crippen molar-refractivity contribution in [1.29, 1.82) is 0 Å². The standard InChI is InChI=1S/C38H36N4/c1-39-31-17-25-37(26-18-31)41(33-9-5-3-6-10-33)35-21-13-29(14-22-35)30-15-23-36(24-16-30)42(34-11-7-4-8-12-34)38-27-19-32(40-2)20-28-38/h3-27,38-40H,28H2,1-2H3. The number of nitrogens with zero attached hydrogens (tertiary/aromatic N) is 2. The zero-order valence-electron chi connectivity index (χ0n) is 24.1. The lowest BCUT2D eigenvalue weighted by Gasteiger charge is -2.33. The average molecular weight is 549 g/mol. The van der Waals surface area contributed by atoms with Crippen molar-refractivity contribution in [3.05, 3.63) is 157 Å². The molecular weight excluding hydrogens is 512 g/mol. The van der Waals surface area contributed by atoms with Crippen LogP contribution in [0.4, 0.5) is 34.1 Å². The van der Waals surface area contributed by atoms with Crippen LogP contribution in [0.2, 0.25) is 0 Å². The SMILES string of the molecule is CNC1=CCC(N(c2ccccc2)c2ccc(-c3ccc(N(c4ccccc4)c4ccc(NC)cc4)cc3)cc2)C=C1. The first-order valence-corrected chi connectivity index (χ1v) is 14.5. The van der Waals surface area contributed by atoms with Crippen molar-refractivity contribution in [2.75, 3.05) is 29.2 Å². The van der Waals surface area contributed by atoms with Gasteiger partial charge in [0, 0.05) is 53.9 Å². The van der Waals surface area contributed by atoms with Crippen LogP contribution in [0.5, 0.6) is 0 Å². The summed E-state index contributed by atoms with van der Waals surface area (Å²) in [5.74, 6) is 0. The highest BCUT2D eigenvalue weighted by atomic mass is 15.2. The van der Waals surface area contributed by atoms with Gasteiger partial charge in [0.2, 0.25) is 0 Å². The minimum absolute atomic E-state index is 0.251. The van der Waals surface area contributed by atoms with Gasteiger partial charge in [-0.1, -0.05) is 72.8 Å². The molecule has 0 bridgehead atoms. The molecule has 0 aromatic heterocycles. The summed E-state index contributed by atoms with van der Waals surface area (Å²) in [6, 6.07) is 47.7. The van der Waals surface area contributed by atoms with E-state index < -0.39 is 0 Å². The zero-order chi connectivity index (χ0) is 28.7. The van der Waals surface area contributed by atoms with Gasteiger partial charge >= 0.3 is 0 Å². The number of nitrogens with one attached hydrogen (secondary N) is 2. The van der Waals surface area contributed by atoms with Gasteiger partial charge in [0.05, 0.1) is 6.04 Å². The number of para-hydroxylation sites is 2. The maximum absolute atomic E-state index is 3.25. The molecule has 0 spiro atoms. The molecule has 1 aliphatic rings. The van der Waals surface area contributed by atoms with Crippen LogP contribution in [0.25, 0.3) is 11.1 Å². The second-order valence-electron chi connectivity index (χ2n) is 10.3. The highest BCUT2D eigenvalue weighted by Crippen LogP contribution is 2.37. The molecule has 5 aromatic carbocycles. The van der Waals surface area contributed by atoms with E-state index in [1.165, 1.54) is 28.2 Å². The lowest BCUT2D eigenvalue weighted by atomic mass is 10.0. The van der Waals surface area contributed by atoms with Crippen molar-refractivity contribution in [3.63, 3.8) is 0 Å². The molecule has 0 aliphatic heterocycles. The molecule has 2 N–H and O–H groups in total. The Labute approximate surface area is 249 Å². The number of rotatable bonds is 9. The van der Waals surface area contributed by atoms with E-state index in [2.05, 4.69) is 172 Å². The summed E-state index contributed by atoms with van der Waals surface area (Å²) in [7, 11) is 3.91. The van der Waals surface area contributed by atoms with Crippen molar-refractivity contribution in [3.8, 4) is 11.1 Å². The first kappa shape index (κ1) is 27.0. The summed E-state index contributed by atoms with van der Waals surface area (Å²) in [5, 5.41) is 6.46. The number of anilines is 6. The minimum atomic E-state index is 0.251. The number of benzene rings is 5. The van der Waals surface area contributed by atoms with Crippen molar-refractivity contribution in [1.82, 2.24) is 5.32 Å². The van der Waals surface area contributed by atoms with Crippen LogP contribution in [0.3, 0.4) is 0 Å². The van der Waals surface area contributed by atoms with Crippen LogP contribution in [-0.2, 0) is 0 Å². The fourth-order valence-electron chi connectivity index (χ4n) is 5.53. The fourth-order valence-corrected chi connectivity index (χ4v) is 5.53. The van der Waals surface area contributed by atoms with Gasteiger partial charge < -0.3 is 20.4 Å². The second-order valence-corrected chi connectivity index (χ2v) is 10.3. The van der Waals surface area contributed by atoms with Gasteiger partial charge in [-0.3, -0.25) is 0 Å². The normalized spacial score (nSPS) is 14.1. The Balaban J connectivity index is 1.28. The predicted molar refractivity (Wildman–Crippen MR) is 179 cm³/mol. The van der Waals surface area contributed by atoms with E-state index in [4.69, 9.17) is 0 Å². The first-order chi connectivity index (χ1) is 20.7. The van der Waals surface area contributed by atoms with Gasteiger partial charge in [-0.25, -0.2) is 0 Å². The Morgan fingerprint density at radius 1 is 0.524 bits per heavy atom. The molecule has 5 aromatic rings. The van der Waals surface area contributed by atoms with Gasteiger partial charge in [-0.2, -0.15) is 0 Å². The molecule has 1 unspecified atom stereocenters. The minimum Gasteiger partial charge on any atom is -0.388 e. The quantitative estimate of drug-likeness (QED) is 0.192. The van der Waals surface area contributed by atoms with Crippen molar-refractivity contribution >= 4 is 34.1 Å². The molecule has 208 valence electrons. The van der Waals surface area contributed by atoms with E-state index in [-0.39, 0.29) is 6.04 Å². The summed E-state index contributed by atoms with van der Waals surface area (Å²) >= 11 is 0. The molecule has 4 heteroatoms. The molecule has 0 saturated carbocycles. The number of likely N-dealkylation sites (N-methyl/N-ethyl adjacent to an activating group) is 1. The van der Waals surface area contributed by atoms with Gasteiger partial charge in [0.1, 0.15) is 0 Å². The molecular formula is C38H36N4. The van der Waals surface area contributed by atoms with Gasteiger partial charge in [0.15, 0.2) is 0 Å². The highest BCUT2D eigenvalue weighted by molar-refractivity contribution is 5.79. The Hall–Kier alpha value is -5.22. The second kappa shape index (κ2) is 12.5. The van der Waals surface area contributed by atoms with Crippen LogP contribution in [0.15, 0.2) is 157 Å². The van der Waals surface area contributed by atoms with Crippen molar-refractivity contribution in [2.24, 2.45) is 0 Å². The maximum Gasteiger partial charge on any atom is 0.0561 e. The van der Waals surface area contributed by atoms with Gasteiger partial charge in [-0.05, 0) is 96.4 Å². The lowest BCUT2D eigenvalue weighted by molar-refractivity contribution is 0.769. The first-order valence-electron chi connectivity index (χ1n) is 14.5. The van der Waals surface area contributed by atoms with Crippen LogP contribution >= 0.6 is 0 Å². The van der Waals surface area contributed by atoms with Gasteiger partial charge in [0.25, 0.3) is 0 Å². The highest BCUT2D eigenvalue weighted by Gasteiger charge is 2.20. The smallest absolute Gasteiger partial charge is 0.0561 e. The maximum atomic E-state index is 3.25. The van der Waals surface area contributed by atoms with Crippen LogP contribution in [-0.4, -0.2) is 20.1 Å². The molecule has 42 heavy (non-hydrogen) atoms. The summed E-state index contributed by atoms with van der Waals surface area (Å²) in [6.07, 6.45) is 7.68. The molecule has 1 aliphatic carbocycles. The van der Waals surface area contributed by atoms with Crippen molar-refractivity contribution < 1.29 is 0 Å². The topological polar surface area (TPSA) is 30.5 Å². The zero-order valence-corrected chi connectivity index (χ0v) is 24.1. The molecule has 0 saturated heterocycles. The molecule has 0 radical (unpaired) electrons. The summed E-state index contributed by atoms with van der Waals surface area (Å²) < 4.78 is 0. The molecule has 1 atom stereocenters. The van der Waals surface area contributed by atoms with Crippen LogP contribution in [0.1, 0.15) is 6.42 Å². The Kier molecular flexibility index (Phi) is 8.05. The Morgan fingerprint density at radius 3 is 1.50 bits per heavy atom. The van der Waals surface area contributed by atoms with E-state index in [1.807, 2.05) is 14.1 Å². The average Bonchev–Trinajstić information content (AvgIpc) is 3.07. The van der Waals surface area contributed by atoms with Crippen LogP contribution < -0.4 is 20.4 Å². The third-order valence-electron chi connectivity index (χ3n) is 7.76. The molecule has 6 rings (SSSR count). The van der Waals surface area contributed by atoms with Crippen molar-refractivity contribution in [2.45, 2.75) is 12.5 Å². The summed E-state index contributed by atoms with van der Waals surface area (Å²) in [4.78, 5) is 4.71. The van der Waals surface area contributed by atoms with E-state index in [0.717, 1.165) is 29.2 Å². The van der Waals surface area contributed by atoms with E-state index >= 15 is 0 Å². The Bertz CT molecular complexity index is 1640. The van der Waals surface area contributed by atoms with E-state index in [1.54, 1.807) is 0 Å². The number of hydrogen-bond acceptors (Lipinski definition) is 4. The molecule has 4 nitrogen and oxygen atoms in total. The predicted octanol–water partition coefficient (Wildman–Crippen LogP) is 9.43. The largest absolute Gasteiger partial charge is 0.388 e.